The highest BCUT2D eigenvalue weighted by Gasteiger charge is 2.39. The van der Waals surface area contributed by atoms with Crippen molar-refractivity contribution < 1.29 is 14.3 Å². The summed E-state index contributed by atoms with van der Waals surface area (Å²) in [6, 6.07) is 3.62. The molecular weight excluding hydrogens is 292 g/mol. The van der Waals surface area contributed by atoms with Crippen molar-refractivity contribution in [2.75, 3.05) is 27.2 Å². The van der Waals surface area contributed by atoms with Crippen LogP contribution in [0.4, 0.5) is 0 Å². The van der Waals surface area contributed by atoms with Crippen molar-refractivity contribution in [2.24, 2.45) is 11.8 Å². The molecule has 1 aliphatic rings. The Labute approximate surface area is 139 Å². The highest BCUT2D eigenvalue weighted by atomic mass is 16.4. The number of piperidine rings is 1. The SMILES string of the molecule is CC(C)C[C@@H]1CN(C(=O)c2ccc(CN(C)C)o2)CC[C@]1(C)O. The zero-order chi connectivity index (χ0) is 17.2. The summed E-state index contributed by atoms with van der Waals surface area (Å²) in [5.41, 5.74) is -0.694. The third kappa shape index (κ3) is 4.58. The van der Waals surface area contributed by atoms with Crippen LogP contribution in [0.15, 0.2) is 16.5 Å². The fourth-order valence-electron chi connectivity index (χ4n) is 3.25. The minimum atomic E-state index is -0.694. The highest BCUT2D eigenvalue weighted by Crippen LogP contribution is 2.33. The molecule has 2 rings (SSSR count). The maximum atomic E-state index is 12.7. The molecule has 0 aromatic carbocycles. The first-order chi connectivity index (χ1) is 10.7. The van der Waals surface area contributed by atoms with Crippen molar-refractivity contribution in [2.45, 2.75) is 45.8 Å². The fourth-order valence-corrected chi connectivity index (χ4v) is 3.25. The minimum Gasteiger partial charge on any atom is -0.455 e. The lowest BCUT2D eigenvalue weighted by Gasteiger charge is -2.43. The van der Waals surface area contributed by atoms with Crippen LogP contribution in [0.1, 0.15) is 49.9 Å². The third-order valence-electron chi connectivity index (χ3n) is 4.60. The summed E-state index contributed by atoms with van der Waals surface area (Å²) in [6.45, 7) is 8.04. The average molecular weight is 322 g/mol. The number of carbonyl (C=O) groups is 1. The van der Waals surface area contributed by atoms with Crippen LogP contribution in [0.5, 0.6) is 0 Å². The van der Waals surface area contributed by atoms with Gasteiger partial charge in [-0.3, -0.25) is 4.79 Å². The van der Waals surface area contributed by atoms with Crippen LogP contribution >= 0.6 is 0 Å². The lowest BCUT2D eigenvalue weighted by Crippen LogP contribution is -2.52. The largest absolute Gasteiger partial charge is 0.455 e. The van der Waals surface area contributed by atoms with Gasteiger partial charge in [0.1, 0.15) is 5.76 Å². The molecule has 130 valence electrons. The molecule has 1 saturated heterocycles. The van der Waals surface area contributed by atoms with E-state index in [4.69, 9.17) is 4.42 Å². The van der Waals surface area contributed by atoms with Gasteiger partial charge >= 0.3 is 0 Å². The van der Waals surface area contributed by atoms with E-state index in [9.17, 15) is 9.90 Å². The van der Waals surface area contributed by atoms with Crippen LogP contribution in [0, 0.1) is 11.8 Å². The Balaban J connectivity index is 2.06. The first-order valence-electron chi connectivity index (χ1n) is 8.44. The summed E-state index contributed by atoms with van der Waals surface area (Å²) in [4.78, 5) is 16.5. The number of likely N-dealkylation sites (tertiary alicyclic amines) is 1. The molecule has 1 aromatic rings. The van der Waals surface area contributed by atoms with Gasteiger partial charge in [-0.25, -0.2) is 0 Å². The summed E-state index contributed by atoms with van der Waals surface area (Å²) in [5.74, 6) is 1.72. The fraction of sp³-hybridized carbons (Fsp3) is 0.722. The van der Waals surface area contributed by atoms with Gasteiger partial charge < -0.3 is 19.3 Å². The van der Waals surface area contributed by atoms with Crippen LogP contribution in [0.3, 0.4) is 0 Å². The number of hydrogen-bond donors (Lipinski definition) is 1. The monoisotopic (exact) mass is 322 g/mol. The van der Waals surface area contributed by atoms with Crippen LogP contribution in [-0.4, -0.2) is 53.6 Å². The van der Waals surface area contributed by atoms with E-state index >= 15 is 0 Å². The van der Waals surface area contributed by atoms with Crippen molar-refractivity contribution >= 4 is 5.91 Å². The molecule has 1 N–H and O–H groups in total. The molecule has 1 amide bonds. The lowest BCUT2D eigenvalue weighted by atomic mass is 9.78. The van der Waals surface area contributed by atoms with Crippen molar-refractivity contribution in [3.8, 4) is 0 Å². The maximum absolute atomic E-state index is 12.7. The van der Waals surface area contributed by atoms with Crippen molar-refractivity contribution in [1.29, 1.82) is 0 Å². The Morgan fingerprint density at radius 1 is 1.48 bits per heavy atom. The first-order valence-corrected chi connectivity index (χ1v) is 8.44. The van der Waals surface area contributed by atoms with Crippen molar-refractivity contribution in [1.82, 2.24) is 9.80 Å². The standard InChI is InChI=1S/C18H30N2O3/c1-13(2)10-14-11-20(9-8-18(14,3)22)17(21)16-7-6-15(23-16)12-19(4)5/h6-7,13-14,22H,8-12H2,1-5H3/t14-,18+/m1/s1. The normalized spacial score (nSPS) is 25.4. The van der Waals surface area contributed by atoms with E-state index in [1.807, 2.05) is 36.9 Å². The molecule has 0 saturated carbocycles. The van der Waals surface area contributed by atoms with Gasteiger partial charge in [0.2, 0.25) is 0 Å². The molecule has 1 aliphatic heterocycles. The Kier molecular flexibility index (Phi) is 5.53. The Bertz CT molecular complexity index is 534. The topological polar surface area (TPSA) is 56.9 Å². The number of aliphatic hydroxyl groups is 1. The predicted molar refractivity (Wildman–Crippen MR) is 90.2 cm³/mol. The summed E-state index contributed by atoms with van der Waals surface area (Å²) in [7, 11) is 3.93. The molecule has 5 heteroatoms. The second-order valence-corrected chi connectivity index (χ2v) is 7.69. The summed E-state index contributed by atoms with van der Waals surface area (Å²) < 4.78 is 5.68. The van der Waals surface area contributed by atoms with E-state index in [1.165, 1.54) is 0 Å². The molecule has 0 bridgehead atoms. The average Bonchev–Trinajstić information content (AvgIpc) is 2.87. The van der Waals surface area contributed by atoms with E-state index in [-0.39, 0.29) is 11.8 Å². The van der Waals surface area contributed by atoms with E-state index in [2.05, 4.69) is 13.8 Å². The van der Waals surface area contributed by atoms with E-state index in [0.29, 0.717) is 37.7 Å². The minimum absolute atomic E-state index is 0.0701. The number of amides is 1. The molecular formula is C18H30N2O3. The summed E-state index contributed by atoms with van der Waals surface area (Å²) in [6.07, 6.45) is 1.53. The van der Waals surface area contributed by atoms with Crippen molar-refractivity contribution in [3.63, 3.8) is 0 Å². The quantitative estimate of drug-likeness (QED) is 0.905. The number of hydrogen-bond acceptors (Lipinski definition) is 4. The van der Waals surface area contributed by atoms with Gasteiger partial charge in [-0.1, -0.05) is 13.8 Å². The lowest BCUT2D eigenvalue weighted by molar-refractivity contribution is -0.0581. The van der Waals surface area contributed by atoms with Gasteiger partial charge in [-0.2, -0.15) is 0 Å². The van der Waals surface area contributed by atoms with Gasteiger partial charge in [0.05, 0.1) is 12.1 Å². The van der Waals surface area contributed by atoms with E-state index in [0.717, 1.165) is 12.2 Å². The Morgan fingerprint density at radius 2 is 2.17 bits per heavy atom. The zero-order valence-corrected chi connectivity index (χ0v) is 15.0. The summed E-state index contributed by atoms with van der Waals surface area (Å²) in [5, 5.41) is 10.6. The first kappa shape index (κ1) is 18.0. The molecule has 2 heterocycles. The molecule has 5 nitrogen and oxygen atoms in total. The molecule has 0 spiro atoms. The van der Waals surface area contributed by atoms with Gasteiger partial charge in [0.15, 0.2) is 5.76 Å². The molecule has 1 fully saturated rings. The van der Waals surface area contributed by atoms with Crippen molar-refractivity contribution in [3.05, 3.63) is 23.7 Å². The zero-order valence-electron chi connectivity index (χ0n) is 15.0. The van der Waals surface area contributed by atoms with Crippen LogP contribution in [0.25, 0.3) is 0 Å². The third-order valence-corrected chi connectivity index (χ3v) is 4.60. The second-order valence-electron chi connectivity index (χ2n) is 7.69. The number of furan rings is 1. The summed E-state index contributed by atoms with van der Waals surface area (Å²) >= 11 is 0. The molecule has 2 atom stereocenters. The number of rotatable bonds is 5. The van der Waals surface area contributed by atoms with Crippen LogP contribution < -0.4 is 0 Å². The van der Waals surface area contributed by atoms with E-state index in [1.54, 1.807) is 6.07 Å². The van der Waals surface area contributed by atoms with Gasteiger partial charge in [0.25, 0.3) is 5.91 Å². The van der Waals surface area contributed by atoms with Gasteiger partial charge in [0, 0.05) is 19.0 Å². The molecule has 23 heavy (non-hydrogen) atoms. The van der Waals surface area contributed by atoms with Crippen LogP contribution in [-0.2, 0) is 6.54 Å². The molecule has 0 unspecified atom stereocenters. The molecule has 0 aliphatic carbocycles. The smallest absolute Gasteiger partial charge is 0.289 e. The second kappa shape index (κ2) is 7.05. The van der Waals surface area contributed by atoms with Gasteiger partial charge in [-0.05, 0) is 51.9 Å². The van der Waals surface area contributed by atoms with Crippen LogP contribution in [0.2, 0.25) is 0 Å². The Hall–Kier alpha value is -1.33. The highest BCUT2D eigenvalue weighted by molar-refractivity contribution is 5.91. The number of carbonyl (C=O) groups excluding carboxylic acids is 1. The maximum Gasteiger partial charge on any atom is 0.289 e. The molecule has 0 radical (unpaired) electrons. The number of nitrogens with zero attached hydrogens (tertiary/aromatic N) is 2. The molecule has 1 aromatic heterocycles. The predicted octanol–water partition coefficient (Wildman–Crippen LogP) is 2.60. The Morgan fingerprint density at radius 3 is 2.78 bits per heavy atom. The van der Waals surface area contributed by atoms with Gasteiger partial charge in [-0.15, -0.1) is 0 Å². The van der Waals surface area contributed by atoms with E-state index < -0.39 is 5.60 Å².